The van der Waals surface area contributed by atoms with Crippen LogP contribution in [0.25, 0.3) is 0 Å². The van der Waals surface area contributed by atoms with Crippen LogP contribution in [0, 0.1) is 18.6 Å². The monoisotopic (exact) mass is 416 g/mol. The number of nitrogens with one attached hydrogen (secondary N) is 1. The number of hydrogen-bond acceptors (Lipinski definition) is 3. The fourth-order valence-electron chi connectivity index (χ4n) is 2.71. The number of aryl methyl sites for hydroxylation is 1. The van der Waals surface area contributed by atoms with Crippen LogP contribution in [0.3, 0.4) is 0 Å². The van der Waals surface area contributed by atoms with Crippen molar-refractivity contribution in [1.82, 2.24) is 0 Å². The third-order valence-electron chi connectivity index (χ3n) is 4.11. The van der Waals surface area contributed by atoms with Crippen molar-refractivity contribution in [3.63, 3.8) is 0 Å². The Labute approximate surface area is 167 Å². The van der Waals surface area contributed by atoms with Crippen LogP contribution in [-0.4, -0.2) is 20.9 Å². The Hall–Kier alpha value is -3.26. The van der Waals surface area contributed by atoms with Crippen LogP contribution < -0.4 is 9.62 Å². The SMILES string of the molecule is Cc1cccc(NC(=O)CN(c2ccc(F)cc2)S(=O)(=O)c2ccc(F)cc2)c1. The van der Waals surface area contributed by atoms with Crippen molar-refractivity contribution in [3.8, 4) is 0 Å². The van der Waals surface area contributed by atoms with Gasteiger partial charge in [0.1, 0.15) is 18.2 Å². The number of sulfonamides is 1. The number of anilines is 2. The van der Waals surface area contributed by atoms with Crippen molar-refractivity contribution in [3.05, 3.63) is 90.0 Å². The molecule has 29 heavy (non-hydrogen) atoms. The number of amides is 1. The zero-order chi connectivity index (χ0) is 21.0. The number of nitrogens with zero attached hydrogens (tertiary/aromatic N) is 1. The van der Waals surface area contributed by atoms with Crippen LogP contribution in [0.15, 0.2) is 77.7 Å². The predicted molar refractivity (Wildman–Crippen MR) is 107 cm³/mol. The lowest BCUT2D eigenvalue weighted by Gasteiger charge is -2.24. The van der Waals surface area contributed by atoms with Gasteiger partial charge in [-0.05, 0) is 73.2 Å². The summed E-state index contributed by atoms with van der Waals surface area (Å²) in [5.74, 6) is -1.71. The molecule has 1 N–H and O–H groups in total. The molecule has 0 saturated carbocycles. The lowest BCUT2D eigenvalue weighted by Crippen LogP contribution is -2.38. The van der Waals surface area contributed by atoms with E-state index in [1.165, 1.54) is 12.1 Å². The summed E-state index contributed by atoms with van der Waals surface area (Å²) in [6, 6.07) is 16.0. The Kier molecular flexibility index (Phi) is 5.93. The van der Waals surface area contributed by atoms with E-state index in [1.807, 2.05) is 13.0 Å². The Morgan fingerprint density at radius 3 is 2.10 bits per heavy atom. The highest BCUT2D eigenvalue weighted by Crippen LogP contribution is 2.24. The van der Waals surface area contributed by atoms with Crippen molar-refractivity contribution >= 4 is 27.3 Å². The summed E-state index contributed by atoms with van der Waals surface area (Å²) in [5.41, 5.74) is 1.56. The number of carbonyl (C=O) groups excluding carboxylic acids is 1. The Bertz CT molecular complexity index is 1120. The smallest absolute Gasteiger partial charge is 0.264 e. The van der Waals surface area contributed by atoms with Gasteiger partial charge in [-0.1, -0.05) is 12.1 Å². The molecule has 0 fully saturated rings. The minimum absolute atomic E-state index is 0.107. The van der Waals surface area contributed by atoms with Gasteiger partial charge in [0.05, 0.1) is 10.6 Å². The van der Waals surface area contributed by atoms with E-state index in [0.29, 0.717) is 5.69 Å². The van der Waals surface area contributed by atoms with Crippen molar-refractivity contribution in [2.45, 2.75) is 11.8 Å². The van der Waals surface area contributed by atoms with Crippen LogP contribution in [0.5, 0.6) is 0 Å². The van der Waals surface area contributed by atoms with Gasteiger partial charge in [0.25, 0.3) is 10.0 Å². The van der Waals surface area contributed by atoms with E-state index >= 15 is 0 Å². The van der Waals surface area contributed by atoms with Gasteiger partial charge < -0.3 is 5.32 Å². The molecule has 0 aliphatic carbocycles. The fourth-order valence-corrected chi connectivity index (χ4v) is 4.13. The molecule has 0 unspecified atom stereocenters. The predicted octanol–water partition coefficient (Wildman–Crippen LogP) is 4.11. The van der Waals surface area contributed by atoms with E-state index in [0.717, 1.165) is 46.3 Å². The lowest BCUT2D eigenvalue weighted by molar-refractivity contribution is -0.114. The number of rotatable bonds is 6. The Morgan fingerprint density at radius 1 is 0.931 bits per heavy atom. The minimum Gasteiger partial charge on any atom is -0.325 e. The minimum atomic E-state index is -4.20. The van der Waals surface area contributed by atoms with Crippen molar-refractivity contribution in [1.29, 1.82) is 0 Å². The van der Waals surface area contributed by atoms with Crippen LogP contribution in [-0.2, 0) is 14.8 Å². The van der Waals surface area contributed by atoms with Crippen LogP contribution in [0.1, 0.15) is 5.56 Å². The first-order valence-corrected chi connectivity index (χ1v) is 10.1. The highest BCUT2D eigenvalue weighted by atomic mass is 32.2. The van der Waals surface area contributed by atoms with Gasteiger partial charge >= 0.3 is 0 Å². The molecule has 0 bridgehead atoms. The summed E-state index contributed by atoms with van der Waals surface area (Å²) in [7, 11) is -4.20. The standard InChI is InChI=1S/C21H18F2N2O3S/c1-15-3-2-4-18(13-15)24-21(26)14-25(19-9-5-16(22)6-10-19)29(27,28)20-11-7-17(23)8-12-20/h2-13H,14H2,1H3,(H,24,26). The van der Waals surface area contributed by atoms with Crippen LogP contribution >= 0.6 is 0 Å². The maximum absolute atomic E-state index is 13.3. The average molecular weight is 416 g/mol. The molecule has 8 heteroatoms. The third-order valence-corrected chi connectivity index (χ3v) is 5.89. The highest BCUT2D eigenvalue weighted by Gasteiger charge is 2.27. The van der Waals surface area contributed by atoms with Gasteiger partial charge in [0.2, 0.25) is 5.91 Å². The van der Waals surface area contributed by atoms with E-state index in [9.17, 15) is 22.0 Å². The zero-order valence-corrected chi connectivity index (χ0v) is 16.3. The molecule has 3 rings (SSSR count). The van der Waals surface area contributed by atoms with E-state index in [-0.39, 0.29) is 10.6 Å². The first-order valence-electron chi connectivity index (χ1n) is 8.66. The Morgan fingerprint density at radius 2 is 1.52 bits per heavy atom. The molecule has 3 aromatic carbocycles. The fraction of sp³-hybridized carbons (Fsp3) is 0.0952. The molecular weight excluding hydrogens is 398 g/mol. The largest absolute Gasteiger partial charge is 0.325 e. The number of benzene rings is 3. The van der Waals surface area contributed by atoms with E-state index in [2.05, 4.69) is 5.32 Å². The average Bonchev–Trinajstić information content (AvgIpc) is 2.67. The molecule has 0 aliphatic heterocycles. The summed E-state index contributed by atoms with van der Waals surface area (Å²) in [4.78, 5) is 12.4. The maximum Gasteiger partial charge on any atom is 0.264 e. The summed E-state index contributed by atoms with van der Waals surface area (Å²) in [6.07, 6.45) is 0. The second-order valence-electron chi connectivity index (χ2n) is 6.36. The molecule has 0 heterocycles. The van der Waals surface area contributed by atoms with Gasteiger partial charge in [0.15, 0.2) is 0 Å². The maximum atomic E-state index is 13.3. The van der Waals surface area contributed by atoms with Crippen LogP contribution in [0.2, 0.25) is 0 Å². The normalized spacial score (nSPS) is 11.1. The molecule has 0 spiro atoms. The highest BCUT2D eigenvalue weighted by molar-refractivity contribution is 7.92. The summed E-state index contributed by atoms with van der Waals surface area (Å²) < 4.78 is 53.6. The molecular formula is C21H18F2N2O3S. The molecule has 0 saturated heterocycles. The van der Waals surface area contributed by atoms with Gasteiger partial charge in [-0.15, -0.1) is 0 Å². The van der Waals surface area contributed by atoms with E-state index in [1.54, 1.807) is 18.2 Å². The molecule has 3 aromatic rings. The first kappa shape index (κ1) is 20.5. The molecule has 0 aromatic heterocycles. The molecule has 0 aliphatic rings. The second kappa shape index (κ2) is 8.40. The third kappa shape index (κ3) is 4.97. The van der Waals surface area contributed by atoms with Gasteiger partial charge in [-0.3, -0.25) is 9.10 Å². The Balaban J connectivity index is 1.93. The van der Waals surface area contributed by atoms with Gasteiger partial charge in [-0.25, -0.2) is 17.2 Å². The topological polar surface area (TPSA) is 66.5 Å². The zero-order valence-electron chi connectivity index (χ0n) is 15.5. The van der Waals surface area contributed by atoms with Gasteiger partial charge in [0, 0.05) is 5.69 Å². The van der Waals surface area contributed by atoms with Gasteiger partial charge in [-0.2, -0.15) is 0 Å². The summed E-state index contributed by atoms with van der Waals surface area (Å²) >= 11 is 0. The first-order chi connectivity index (χ1) is 13.8. The molecule has 0 radical (unpaired) electrons. The second-order valence-corrected chi connectivity index (χ2v) is 8.22. The quantitative estimate of drug-likeness (QED) is 0.658. The van der Waals surface area contributed by atoms with Crippen molar-refractivity contribution in [2.75, 3.05) is 16.2 Å². The number of hydrogen-bond donors (Lipinski definition) is 1. The van der Waals surface area contributed by atoms with E-state index < -0.39 is 34.1 Å². The number of carbonyl (C=O) groups is 1. The summed E-state index contributed by atoms with van der Waals surface area (Å²) in [6.45, 7) is 1.32. The molecule has 1 amide bonds. The number of halogens is 2. The van der Waals surface area contributed by atoms with Crippen LogP contribution in [0.4, 0.5) is 20.2 Å². The van der Waals surface area contributed by atoms with E-state index in [4.69, 9.17) is 0 Å². The molecule has 150 valence electrons. The summed E-state index contributed by atoms with van der Waals surface area (Å²) in [5, 5.41) is 2.65. The lowest BCUT2D eigenvalue weighted by atomic mass is 10.2. The molecule has 0 atom stereocenters. The van der Waals surface area contributed by atoms with Crippen molar-refractivity contribution < 1.29 is 22.0 Å². The van der Waals surface area contributed by atoms with Crippen molar-refractivity contribution in [2.24, 2.45) is 0 Å². The molecule has 5 nitrogen and oxygen atoms in total.